The normalized spacial score (nSPS) is 10.2. The van der Waals surface area contributed by atoms with E-state index in [9.17, 15) is 9.59 Å². The van der Waals surface area contributed by atoms with Gasteiger partial charge in [-0.25, -0.2) is 0 Å². The highest BCUT2D eigenvalue weighted by Crippen LogP contribution is 2.34. The molecule has 0 atom stereocenters. The van der Waals surface area contributed by atoms with Crippen LogP contribution in [-0.4, -0.2) is 33.3 Å². The van der Waals surface area contributed by atoms with Gasteiger partial charge in [0.05, 0.1) is 26.4 Å². The lowest BCUT2D eigenvalue weighted by molar-refractivity contribution is -0.154. The van der Waals surface area contributed by atoms with Crippen LogP contribution < -0.4 is 4.74 Å². The number of carbonyl (C=O) groups is 2. The third kappa shape index (κ3) is 2.98. The van der Waals surface area contributed by atoms with Crippen molar-refractivity contribution in [3.8, 4) is 5.75 Å². The first-order valence-electron chi connectivity index (χ1n) is 5.46. The fraction of sp³-hybridized carbons (Fsp3) is 0.385. The summed E-state index contributed by atoms with van der Waals surface area (Å²) in [6.45, 7) is 1.69. The second-order valence-electron chi connectivity index (χ2n) is 3.78. The molecular formula is C13H15ClO5. The van der Waals surface area contributed by atoms with E-state index in [1.54, 1.807) is 19.1 Å². The fourth-order valence-electron chi connectivity index (χ4n) is 1.73. The molecule has 0 N–H and O–H groups in total. The Morgan fingerprint density at radius 1 is 1.11 bits per heavy atom. The van der Waals surface area contributed by atoms with Gasteiger partial charge in [0.25, 0.3) is 0 Å². The van der Waals surface area contributed by atoms with Gasteiger partial charge in [-0.3, -0.25) is 9.59 Å². The second-order valence-corrected chi connectivity index (χ2v) is 4.15. The van der Waals surface area contributed by atoms with Gasteiger partial charge >= 0.3 is 11.9 Å². The predicted molar refractivity (Wildman–Crippen MR) is 69.5 cm³/mol. The highest BCUT2D eigenvalue weighted by Gasteiger charge is 2.32. The van der Waals surface area contributed by atoms with Gasteiger partial charge in [-0.2, -0.15) is 0 Å². The van der Waals surface area contributed by atoms with Gasteiger partial charge in [0.1, 0.15) is 5.75 Å². The summed E-state index contributed by atoms with van der Waals surface area (Å²) in [6.07, 6.45) is 0. The van der Waals surface area contributed by atoms with Crippen molar-refractivity contribution in [3.05, 3.63) is 28.3 Å². The lowest BCUT2D eigenvalue weighted by atomic mass is 9.94. The van der Waals surface area contributed by atoms with Gasteiger partial charge in [0, 0.05) is 0 Å². The molecule has 19 heavy (non-hydrogen) atoms. The third-order valence-corrected chi connectivity index (χ3v) is 3.27. The van der Waals surface area contributed by atoms with Crippen molar-refractivity contribution in [2.24, 2.45) is 0 Å². The molecule has 0 saturated heterocycles. The summed E-state index contributed by atoms with van der Waals surface area (Å²) in [4.78, 5) is 23.5. The van der Waals surface area contributed by atoms with Crippen LogP contribution in [0.3, 0.4) is 0 Å². The van der Waals surface area contributed by atoms with Crippen molar-refractivity contribution in [2.45, 2.75) is 12.8 Å². The number of esters is 2. The first-order valence-corrected chi connectivity index (χ1v) is 5.84. The predicted octanol–water partition coefficient (Wildman–Crippen LogP) is 2.09. The standard InChI is InChI=1S/C13H15ClO5/c1-7-8(5-6-9(17-2)11(7)14)10(12(15)18-3)13(16)19-4/h5-6,10H,1-4H3. The van der Waals surface area contributed by atoms with E-state index in [0.717, 1.165) is 0 Å². The minimum atomic E-state index is -1.15. The average Bonchev–Trinajstić information content (AvgIpc) is 2.43. The van der Waals surface area contributed by atoms with E-state index in [0.29, 0.717) is 21.9 Å². The van der Waals surface area contributed by atoms with Gasteiger partial charge in [0.15, 0.2) is 5.92 Å². The monoisotopic (exact) mass is 286 g/mol. The highest BCUT2D eigenvalue weighted by molar-refractivity contribution is 6.33. The van der Waals surface area contributed by atoms with Crippen LogP contribution in [0.2, 0.25) is 5.02 Å². The van der Waals surface area contributed by atoms with Crippen LogP contribution >= 0.6 is 11.6 Å². The van der Waals surface area contributed by atoms with Crippen molar-refractivity contribution < 1.29 is 23.8 Å². The molecule has 6 heteroatoms. The summed E-state index contributed by atoms with van der Waals surface area (Å²) in [5.74, 6) is -2.08. The summed E-state index contributed by atoms with van der Waals surface area (Å²) in [5.41, 5.74) is 1.01. The Bertz CT molecular complexity index is 482. The minimum absolute atomic E-state index is 0.345. The molecule has 0 heterocycles. The summed E-state index contributed by atoms with van der Waals surface area (Å²) in [7, 11) is 3.90. The van der Waals surface area contributed by atoms with E-state index in [1.807, 2.05) is 0 Å². The zero-order valence-corrected chi connectivity index (χ0v) is 11.9. The molecular weight excluding hydrogens is 272 g/mol. The molecule has 0 radical (unpaired) electrons. The molecule has 0 aromatic heterocycles. The lowest BCUT2D eigenvalue weighted by Crippen LogP contribution is -2.25. The number of benzene rings is 1. The maximum atomic E-state index is 11.7. The Balaban J connectivity index is 3.35. The van der Waals surface area contributed by atoms with E-state index < -0.39 is 17.9 Å². The Morgan fingerprint density at radius 2 is 1.63 bits per heavy atom. The molecule has 0 fully saturated rings. The molecule has 1 aromatic rings. The molecule has 0 bridgehead atoms. The van der Waals surface area contributed by atoms with Crippen LogP contribution in [0.15, 0.2) is 12.1 Å². The molecule has 5 nitrogen and oxygen atoms in total. The summed E-state index contributed by atoms with van der Waals surface area (Å²) in [6, 6.07) is 3.18. The van der Waals surface area contributed by atoms with Gasteiger partial charge in [-0.15, -0.1) is 0 Å². The molecule has 0 aliphatic heterocycles. The van der Waals surface area contributed by atoms with Gasteiger partial charge in [0.2, 0.25) is 0 Å². The Kier molecular flexibility index (Phi) is 5.18. The van der Waals surface area contributed by atoms with Crippen LogP contribution in [0.5, 0.6) is 5.75 Å². The van der Waals surface area contributed by atoms with Gasteiger partial charge in [-0.1, -0.05) is 17.7 Å². The zero-order chi connectivity index (χ0) is 14.6. The SMILES string of the molecule is COC(=O)C(C(=O)OC)c1ccc(OC)c(Cl)c1C. The van der Waals surface area contributed by atoms with Crippen molar-refractivity contribution in [2.75, 3.05) is 21.3 Å². The minimum Gasteiger partial charge on any atom is -0.495 e. The van der Waals surface area contributed by atoms with Crippen LogP contribution in [0.4, 0.5) is 0 Å². The Morgan fingerprint density at radius 3 is 2.05 bits per heavy atom. The molecule has 1 aromatic carbocycles. The Hall–Kier alpha value is -1.75. The highest BCUT2D eigenvalue weighted by atomic mass is 35.5. The van der Waals surface area contributed by atoms with Crippen LogP contribution in [0.1, 0.15) is 17.0 Å². The first-order chi connectivity index (χ1) is 8.97. The van der Waals surface area contributed by atoms with E-state index in [-0.39, 0.29) is 0 Å². The maximum absolute atomic E-state index is 11.7. The molecule has 0 unspecified atom stereocenters. The van der Waals surface area contributed by atoms with E-state index in [1.165, 1.54) is 21.3 Å². The number of halogens is 1. The summed E-state index contributed by atoms with van der Waals surface area (Å²) < 4.78 is 14.3. The smallest absolute Gasteiger partial charge is 0.324 e. The Labute approximate surface area is 116 Å². The number of carbonyl (C=O) groups excluding carboxylic acids is 2. The summed E-state index contributed by atoms with van der Waals surface area (Å²) in [5, 5.41) is 0.345. The number of methoxy groups -OCH3 is 3. The lowest BCUT2D eigenvalue weighted by Gasteiger charge is -2.17. The topological polar surface area (TPSA) is 61.8 Å². The molecule has 0 aliphatic carbocycles. The van der Waals surface area contributed by atoms with E-state index >= 15 is 0 Å². The maximum Gasteiger partial charge on any atom is 0.324 e. The largest absolute Gasteiger partial charge is 0.495 e. The number of ether oxygens (including phenoxy) is 3. The molecule has 1 rings (SSSR count). The van der Waals surface area contributed by atoms with Crippen LogP contribution in [0.25, 0.3) is 0 Å². The number of hydrogen-bond acceptors (Lipinski definition) is 5. The van der Waals surface area contributed by atoms with Crippen LogP contribution in [0, 0.1) is 6.92 Å². The molecule has 104 valence electrons. The van der Waals surface area contributed by atoms with Crippen LogP contribution in [-0.2, 0) is 19.1 Å². The van der Waals surface area contributed by atoms with Crippen molar-refractivity contribution >= 4 is 23.5 Å². The van der Waals surface area contributed by atoms with E-state index in [2.05, 4.69) is 9.47 Å². The van der Waals surface area contributed by atoms with Crippen molar-refractivity contribution in [1.29, 1.82) is 0 Å². The number of hydrogen-bond donors (Lipinski definition) is 0. The first kappa shape index (κ1) is 15.3. The van der Waals surface area contributed by atoms with Gasteiger partial charge in [-0.05, 0) is 24.1 Å². The second kappa shape index (κ2) is 6.43. The zero-order valence-electron chi connectivity index (χ0n) is 11.2. The third-order valence-electron chi connectivity index (χ3n) is 2.80. The van der Waals surface area contributed by atoms with Crippen molar-refractivity contribution in [1.82, 2.24) is 0 Å². The fourth-order valence-corrected chi connectivity index (χ4v) is 1.98. The quantitative estimate of drug-likeness (QED) is 0.626. The summed E-state index contributed by atoms with van der Waals surface area (Å²) >= 11 is 6.11. The molecule has 0 spiro atoms. The van der Waals surface area contributed by atoms with E-state index in [4.69, 9.17) is 16.3 Å². The van der Waals surface area contributed by atoms with Crippen molar-refractivity contribution in [3.63, 3.8) is 0 Å². The van der Waals surface area contributed by atoms with Gasteiger partial charge < -0.3 is 14.2 Å². The average molecular weight is 287 g/mol. The molecule has 0 aliphatic rings. The molecule has 0 amide bonds. The number of rotatable bonds is 4. The molecule has 0 saturated carbocycles.